The van der Waals surface area contributed by atoms with E-state index in [1.807, 2.05) is 0 Å². The van der Waals surface area contributed by atoms with E-state index in [1.165, 1.54) is 21.9 Å². The molecule has 0 saturated carbocycles. The Bertz CT molecular complexity index is 537. The van der Waals surface area contributed by atoms with Crippen LogP contribution in [-0.4, -0.2) is 31.0 Å². The zero-order valence-electron chi connectivity index (χ0n) is 10.9. The van der Waals surface area contributed by atoms with Gasteiger partial charge in [-0.05, 0) is 26.0 Å². The van der Waals surface area contributed by atoms with Crippen molar-refractivity contribution in [3.63, 3.8) is 0 Å². The van der Waals surface area contributed by atoms with E-state index in [2.05, 4.69) is 0 Å². The van der Waals surface area contributed by atoms with Gasteiger partial charge in [-0.2, -0.15) is 0 Å². The highest BCUT2D eigenvalue weighted by atomic mass is 16.3. The Labute approximate surface area is 106 Å². The predicted molar refractivity (Wildman–Crippen MR) is 68.7 cm³/mol. The molecule has 2 rings (SSSR count). The summed E-state index contributed by atoms with van der Waals surface area (Å²) in [6.07, 6.45) is 0. The fourth-order valence-electron chi connectivity index (χ4n) is 2.21. The standard InChI is InChI=1S/C13H16N2O3/c1-13(2)11(17)14(3)9-6-5-8(16)7-10(9)15(4)12(13)18/h5-7,16H,1-4H3. The number of phenolic OH excluding ortho intramolecular Hbond substituents is 1. The smallest absolute Gasteiger partial charge is 0.241 e. The molecule has 18 heavy (non-hydrogen) atoms. The number of anilines is 2. The Morgan fingerprint density at radius 2 is 1.50 bits per heavy atom. The van der Waals surface area contributed by atoms with E-state index in [0.717, 1.165) is 0 Å². The second kappa shape index (κ2) is 3.73. The average Bonchev–Trinajstić information content (AvgIpc) is 2.37. The minimum Gasteiger partial charge on any atom is -0.508 e. The molecule has 1 heterocycles. The molecule has 5 nitrogen and oxygen atoms in total. The molecule has 1 aromatic carbocycles. The van der Waals surface area contributed by atoms with Crippen molar-refractivity contribution in [2.75, 3.05) is 23.9 Å². The monoisotopic (exact) mass is 248 g/mol. The van der Waals surface area contributed by atoms with Gasteiger partial charge >= 0.3 is 0 Å². The van der Waals surface area contributed by atoms with Crippen molar-refractivity contribution in [1.29, 1.82) is 0 Å². The van der Waals surface area contributed by atoms with Crippen molar-refractivity contribution in [1.82, 2.24) is 0 Å². The molecule has 5 heteroatoms. The van der Waals surface area contributed by atoms with Gasteiger partial charge in [0.15, 0.2) is 0 Å². The third-order valence-corrected chi connectivity index (χ3v) is 3.36. The zero-order valence-corrected chi connectivity index (χ0v) is 10.9. The summed E-state index contributed by atoms with van der Waals surface area (Å²) in [6.45, 7) is 3.22. The summed E-state index contributed by atoms with van der Waals surface area (Å²) in [5.41, 5.74) is 0.0265. The minimum absolute atomic E-state index is 0.0638. The molecule has 2 amide bonds. The fourth-order valence-corrected chi connectivity index (χ4v) is 2.21. The quantitative estimate of drug-likeness (QED) is 0.705. The van der Waals surface area contributed by atoms with Crippen LogP contribution in [0.25, 0.3) is 0 Å². The lowest BCUT2D eigenvalue weighted by molar-refractivity contribution is -0.137. The SMILES string of the molecule is CN1C(=O)C(C)(C)C(=O)N(C)c2cc(O)ccc21. The topological polar surface area (TPSA) is 60.9 Å². The normalized spacial score (nSPS) is 18.7. The number of nitrogens with zero attached hydrogens (tertiary/aromatic N) is 2. The molecular weight excluding hydrogens is 232 g/mol. The Morgan fingerprint density at radius 1 is 1.00 bits per heavy atom. The van der Waals surface area contributed by atoms with Crippen LogP contribution in [0.2, 0.25) is 0 Å². The van der Waals surface area contributed by atoms with Crippen molar-refractivity contribution in [2.24, 2.45) is 5.41 Å². The maximum Gasteiger partial charge on any atom is 0.241 e. The first-order valence-corrected chi connectivity index (χ1v) is 5.66. The Morgan fingerprint density at radius 3 is 2.06 bits per heavy atom. The number of fused-ring (bicyclic) bond motifs is 1. The van der Waals surface area contributed by atoms with Crippen LogP contribution < -0.4 is 9.80 Å². The Kier molecular flexibility index (Phi) is 2.57. The molecule has 0 fully saturated rings. The van der Waals surface area contributed by atoms with Crippen LogP contribution in [0.5, 0.6) is 5.75 Å². The molecule has 0 saturated heterocycles. The molecule has 1 aliphatic rings. The van der Waals surface area contributed by atoms with Crippen LogP contribution in [0.4, 0.5) is 11.4 Å². The first-order valence-electron chi connectivity index (χ1n) is 5.66. The van der Waals surface area contributed by atoms with E-state index in [1.54, 1.807) is 34.0 Å². The molecular formula is C13H16N2O3. The van der Waals surface area contributed by atoms with Crippen LogP contribution in [-0.2, 0) is 9.59 Å². The number of aromatic hydroxyl groups is 1. The van der Waals surface area contributed by atoms with Crippen LogP contribution in [0.3, 0.4) is 0 Å². The van der Waals surface area contributed by atoms with Gasteiger partial charge in [-0.25, -0.2) is 0 Å². The summed E-state index contributed by atoms with van der Waals surface area (Å²) in [5, 5.41) is 9.52. The lowest BCUT2D eigenvalue weighted by Gasteiger charge is -2.25. The molecule has 0 atom stereocenters. The summed E-state index contributed by atoms with van der Waals surface area (Å²) in [5.74, 6) is -0.485. The highest BCUT2D eigenvalue weighted by molar-refractivity contribution is 6.19. The second-order valence-corrected chi connectivity index (χ2v) is 5.03. The predicted octanol–water partition coefficient (Wildman–Crippen LogP) is 1.36. The van der Waals surface area contributed by atoms with Gasteiger partial charge in [0.05, 0.1) is 11.4 Å². The molecule has 1 N–H and O–H groups in total. The Balaban J connectivity index is 2.70. The van der Waals surface area contributed by atoms with Gasteiger partial charge in [0.2, 0.25) is 11.8 Å². The van der Waals surface area contributed by atoms with Crippen molar-refractivity contribution >= 4 is 23.2 Å². The summed E-state index contributed by atoms with van der Waals surface area (Å²) in [7, 11) is 3.24. The third kappa shape index (κ3) is 1.54. The fraction of sp³-hybridized carbons (Fsp3) is 0.385. The summed E-state index contributed by atoms with van der Waals surface area (Å²) in [4.78, 5) is 27.4. The highest BCUT2D eigenvalue weighted by Gasteiger charge is 2.44. The van der Waals surface area contributed by atoms with Crippen LogP contribution in [0.15, 0.2) is 18.2 Å². The number of phenols is 1. The minimum atomic E-state index is -1.11. The van der Waals surface area contributed by atoms with E-state index in [4.69, 9.17) is 0 Å². The number of amides is 2. The lowest BCUT2D eigenvalue weighted by atomic mass is 9.90. The van der Waals surface area contributed by atoms with Gasteiger partial charge in [0.1, 0.15) is 11.2 Å². The van der Waals surface area contributed by atoms with Gasteiger partial charge in [-0.1, -0.05) is 0 Å². The zero-order chi connectivity index (χ0) is 13.7. The van der Waals surface area contributed by atoms with Crippen molar-refractivity contribution < 1.29 is 14.7 Å². The van der Waals surface area contributed by atoms with Crippen LogP contribution >= 0.6 is 0 Å². The van der Waals surface area contributed by atoms with Gasteiger partial charge in [-0.15, -0.1) is 0 Å². The summed E-state index contributed by atoms with van der Waals surface area (Å²) >= 11 is 0. The van der Waals surface area contributed by atoms with E-state index >= 15 is 0 Å². The van der Waals surface area contributed by atoms with Crippen molar-refractivity contribution in [3.8, 4) is 5.75 Å². The third-order valence-electron chi connectivity index (χ3n) is 3.36. The van der Waals surface area contributed by atoms with Crippen LogP contribution in [0, 0.1) is 5.41 Å². The summed E-state index contributed by atoms with van der Waals surface area (Å²) < 4.78 is 0. The molecule has 0 aliphatic carbocycles. The molecule has 96 valence electrons. The van der Waals surface area contributed by atoms with E-state index in [9.17, 15) is 14.7 Å². The molecule has 0 spiro atoms. The van der Waals surface area contributed by atoms with Crippen LogP contribution in [0.1, 0.15) is 13.8 Å². The number of hydrogen-bond acceptors (Lipinski definition) is 3. The first kappa shape index (κ1) is 12.4. The molecule has 0 unspecified atom stereocenters. The second-order valence-electron chi connectivity index (χ2n) is 5.03. The first-order chi connectivity index (χ1) is 8.26. The maximum absolute atomic E-state index is 12.3. The number of rotatable bonds is 0. The Hall–Kier alpha value is -2.04. The molecule has 1 aromatic rings. The lowest BCUT2D eigenvalue weighted by Crippen LogP contribution is -2.46. The number of benzene rings is 1. The van der Waals surface area contributed by atoms with E-state index < -0.39 is 5.41 Å². The van der Waals surface area contributed by atoms with E-state index in [0.29, 0.717) is 11.4 Å². The van der Waals surface area contributed by atoms with Gasteiger partial charge in [0, 0.05) is 20.2 Å². The largest absolute Gasteiger partial charge is 0.508 e. The maximum atomic E-state index is 12.3. The average molecular weight is 248 g/mol. The van der Waals surface area contributed by atoms with E-state index in [-0.39, 0.29) is 17.6 Å². The number of carbonyl (C=O) groups is 2. The summed E-state index contributed by atoms with van der Waals surface area (Å²) in [6, 6.07) is 4.62. The van der Waals surface area contributed by atoms with Crippen molar-refractivity contribution in [2.45, 2.75) is 13.8 Å². The van der Waals surface area contributed by atoms with Gasteiger partial charge in [-0.3, -0.25) is 9.59 Å². The molecule has 1 aliphatic heterocycles. The van der Waals surface area contributed by atoms with Gasteiger partial charge < -0.3 is 14.9 Å². The van der Waals surface area contributed by atoms with Gasteiger partial charge in [0.25, 0.3) is 0 Å². The number of hydrogen-bond donors (Lipinski definition) is 1. The molecule has 0 radical (unpaired) electrons. The number of carbonyl (C=O) groups excluding carboxylic acids is 2. The highest BCUT2D eigenvalue weighted by Crippen LogP contribution is 2.38. The van der Waals surface area contributed by atoms with Crippen molar-refractivity contribution in [3.05, 3.63) is 18.2 Å². The molecule has 0 bridgehead atoms. The molecule has 0 aromatic heterocycles.